The van der Waals surface area contributed by atoms with Crippen LogP contribution in [0.2, 0.25) is 0 Å². The standard InChI is InChI=1S/C15H27N3O2/c1-4-9-16-13-8-6-5-7-12(13)10-14-17-15(18-20-14)11(2)19-3/h11-13,16H,4-10H2,1-3H3. The molecule has 1 heterocycles. The van der Waals surface area contributed by atoms with Crippen molar-refractivity contribution >= 4 is 0 Å². The molecule has 1 saturated carbocycles. The zero-order valence-electron chi connectivity index (χ0n) is 12.9. The largest absolute Gasteiger partial charge is 0.374 e. The monoisotopic (exact) mass is 281 g/mol. The molecule has 5 heteroatoms. The van der Waals surface area contributed by atoms with E-state index in [1.165, 1.54) is 32.1 Å². The second-order valence-electron chi connectivity index (χ2n) is 5.73. The molecule has 1 aliphatic carbocycles. The maximum Gasteiger partial charge on any atom is 0.227 e. The average molecular weight is 281 g/mol. The van der Waals surface area contributed by atoms with E-state index in [0.29, 0.717) is 17.8 Å². The number of ether oxygens (including phenoxy) is 1. The molecular weight excluding hydrogens is 254 g/mol. The zero-order chi connectivity index (χ0) is 14.4. The lowest BCUT2D eigenvalue weighted by Gasteiger charge is -2.31. The van der Waals surface area contributed by atoms with E-state index in [1.54, 1.807) is 7.11 Å². The molecule has 0 saturated heterocycles. The Morgan fingerprint density at radius 2 is 2.20 bits per heavy atom. The second kappa shape index (κ2) is 7.74. The third-order valence-corrected chi connectivity index (χ3v) is 4.20. The third kappa shape index (κ3) is 4.03. The Bertz CT molecular complexity index is 394. The van der Waals surface area contributed by atoms with Gasteiger partial charge in [-0.05, 0) is 38.6 Å². The molecule has 0 aliphatic heterocycles. The Labute approximate surface area is 121 Å². The van der Waals surface area contributed by atoms with Crippen LogP contribution >= 0.6 is 0 Å². The molecule has 0 aromatic carbocycles. The van der Waals surface area contributed by atoms with Crippen LogP contribution in [0.25, 0.3) is 0 Å². The quantitative estimate of drug-likeness (QED) is 0.832. The second-order valence-corrected chi connectivity index (χ2v) is 5.73. The van der Waals surface area contributed by atoms with Gasteiger partial charge in [0, 0.05) is 19.6 Å². The number of hydrogen-bond donors (Lipinski definition) is 1. The molecule has 1 aromatic heterocycles. The fourth-order valence-corrected chi connectivity index (χ4v) is 2.90. The Balaban J connectivity index is 1.94. The Hall–Kier alpha value is -0.940. The van der Waals surface area contributed by atoms with E-state index >= 15 is 0 Å². The van der Waals surface area contributed by atoms with Crippen molar-refractivity contribution in [1.82, 2.24) is 15.5 Å². The first-order valence-corrected chi connectivity index (χ1v) is 7.83. The van der Waals surface area contributed by atoms with Gasteiger partial charge < -0.3 is 14.6 Å². The molecular formula is C15H27N3O2. The lowest BCUT2D eigenvalue weighted by atomic mass is 9.82. The van der Waals surface area contributed by atoms with Crippen molar-refractivity contribution in [3.63, 3.8) is 0 Å². The summed E-state index contributed by atoms with van der Waals surface area (Å²) in [7, 11) is 1.66. The van der Waals surface area contributed by atoms with Crippen molar-refractivity contribution in [3.8, 4) is 0 Å². The van der Waals surface area contributed by atoms with Gasteiger partial charge in [-0.15, -0.1) is 0 Å². The first-order chi connectivity index (χ1) is 9.74. The van der Waals surface area contributed by atoms with Crippen molar-refractivity contribution in [2.45, 2.75) is 64.5 Å². The van der Waals surface area contributed by atoms with Crippen molar-refractivity contribution < 1.29 is 9.26 Å². The van der Waals surface area contributed by atoms with Crippen LogP contribution in [0.3, 0.4) is 0 Å². The number of hydrogen-bond acceptors (Lipinski definition) is 5. The minimum absolute atomic E-state index is 0.104. The maximum atomic E-state index is 5.37. The van der Waals surface area contributed by atoms with Crippen LogP contribution in [0.4, 0.5) is 0 Å². The van der Waals surface area contributed by atoms with Crippen molar-refractivity contribution in [1.29, 1.82) is 0 Å². The van der Waals surface area contributed by atoms with Crippen molar-refractivity contribution in [2.24, 2.45) is 5.92 Å². The molecule has 0 amide bonds. The molecule has 1 aromatic rings. The molecule has 0 spiro atoms. The van der Waals surface area contributed by atoms with Gasteiger partial charge in [0.1, 0.15) is 6.10 Å². The van der Waals surface area contributed by atoms with Gasteiger partial charge in [-0.25, -0.2) is 0 Å². The van der Waals surface area contributed by atoms with Gasteiger partial charge >= 0.3 is 0 Å². The first-order valence-electron chi connectivity index (χ1n) is 7.83. The van der Waals surface area contributed by atoms with Crippen LogP contribution < -0.4 is 5.32 Å². The first kappa shape index (κ1) is 15.4. The minimum Gasteiger partial charge on any atom is -0.374 e. The number of rotatable bonds is 7. The number of nitrogens with one attached hydrogen (secondary N) is 1. The summed E-state index contributed by atoms with van der Waals surface area (Å²) in [5, 5.41) is 7.68. The summed E-state index contributed by atoms with van der Waals surface area (Å²) >= 11 is 0. The highest BCUT2D eigenvalue weighted by Crippen LogP contribution is 2.27. The average Bonchev–Trinajstić information content (AvgIpc) is 2.94. The summed E-state index contributed by atoms with van der Waals surface area (Å²) in [6.45, 7) is 5.24. The van der Waals surface area contributed by atoms with E-state index in [9.17, 15) is 0 Å². The fourth-order valence-electron chi connectivity index (χ4n) is 2.90. The van der Waals surface area contributed by atoms with Crippen molar-refractivity contribution in [3.05, 3.63) is 11.7 Å². The van der Waals surface area contributed by atoms with Crippen LogP contribution in [-0.4, -0.2) is 29.8 Å². The summed E-state index contributed by atoms with van der Waals surface area (Å²) < 4.78 is 10.6. The lowest BCUT2D eigenvalue weighted by Crippen LogP contribution is -2.39. The normalized spacial score (nSPS) is 24.8. The van der Waals surface area contributed by atoms with Gasteiger partial charge in [0.2, 0.25) is 5.89 Å². The summed E-state index contributed by atoms with van der Waals surface area (Å²) in [6.07, 6.45) is 7.11. The third-order valence-electron chi connectivity index (χ3n) is 4.20. The van der Waals surface area contributed by atoms with Gasteiger partial charge in [0.25, 0.3) is 0 Å². The Morgan fingerprint density at radius 1 is 1.40 bits per heavy atom. The highest BCUT2D eigenvalue weighted by atomic mass is 16.5. The zero-order valence-corrected chi connectivity index (χ0v) is 12.9. The van der Waals surface area contributed by atoms with E-state index in [4.69, 9.17) is 9.26 Å². The summed E-state index contributed by atoms with van der Waals surface area (Å²) in [6, 6.07) is 0.596. The van der Waals surface area contributed by atoms with Crippen LogP contribution in [-0.2, 0) is 11.2 Å². The topological polar surface area (TPSA) is 60.2 Å². The molecule has 20 heavy (non-hydrogen) atoms. The van der Waals surface area contributed by atoms with Gasteiger partial charge in [-0.2, -0.15) is 4.98 Å². The SMILES string of the molecule is CCCNC1CCCCC1Cc1nc(C(C)OC)no1. The molecule has 1 N–H and O–H groups in total. The molecule has 3 unspecified atom stereocenters. The minimum atomic E-state index is -0.104. The summed E-state index contributed by atoms with van der Waals surface area (Å²) in [5.41, 5.74) is 0. The van der Waals surface area contributed by atoms with Crippen LogP contribution in [0.15, 0.2) is 4.52 Å². The van der Waals surface area contributed by atoms with E-state index in [2.05, 4.69) is 22.4 Å². The molecule has 0 radical (unpaired) electrons. The molecule has 0 bridgehead atoms. The van der Waals surface area contributed by atoms with Gasteiger partial charge in [-0.3, -0.25) is 0 Å². The number of aromatic nitrogens is 2. The predicted octanol–water partition coefficient (Wildman–Crippen LogP) is 2.88. The smallest absolute Gasteiger partial charge is 0.227 e. The number of nitrogens with zero attached hydrogens (tertiary/aromatic N) is 2. The highest BCUT2D eigenvalue weighted by Gasteiger charge is 2.27. The molecule has 1 fully saturated rings. The fraction of sp³-hybridized carbons (Fsp3) is 0.867. The molecule has 5 nitrogen and oxygen atoms in total. The van der Waals surface area contributed by atoms with Gasteiger partial charge in [0.15, 0.2) is 5.82 Å². The van der Waals surface area contributed by atoms with E-state index in [-0.39, 0.29) is 6.10 Å². The summed E-state index contributed by atoms with van der Waals surface area (Å²) in [4.78, 5) is 4.46. The Morgan fingerprint density at radius 3 is 2.95 bits per heavy atom. The number of methoxy groups -OCH3 is 1. The van der Waals surface area contributed by atoms with E-state index in [0.717, 1.165) is 18.9 Å². The van der Waals surface area contributed by atoms with Gasteiger partial charge in [0.05, 0.1) is 0 Å². The molecule has 2 rings (SSSR count). The molecule has 1 aliphatic rings. The van der Waals surface area contributed by atoms with Crippen molar-refractivity contribution in [2.75, 3.05) is 13.7 Å². The van der Waals surface area contributed by atoms with Crippen LogP contribution in [0, 0.1) is 5.92 Å². The highest BCUT2D eigenvalue weighted by molar-refractivity contribution is 4.93. The predicted molar refractivity (Wildman–Crippen MR) is 77.5 cm³/mol. The van der Waals surface area contributed by atoms with Crippen LogP contribution in [0.1, 0.15) is 63.8 Å². The van der Waals surface area contributed by atoms with Crippen LogP contribution in [0.5, 0.6) is 0 Å². The lowest BCUT2D eigenvalue weighted by molar-refractivity contribution is 0.109. The molecule has 114 valence electrons. The summed E-state index contributed by atoms with van der Waals surface area (Å²) in [5.74, 6) is 2.01. The Kier molecular flexibility index (Phi) is 5.98. The van der Waals surface area contributed by atoms with E-state index < -0.39 is 0 Å². The van der Waals surface area contributed by atoms with E-state index in [1.807, 2.05) is 6.92 Å². The molecule has 3 atom stereocenters. The van der Waals surface area contributed by atoms with Gasteiger partial charge in [-0.1, -0.05) is 24.9 Å². The maximum absolute atomic E-state index is 5.37.